The summed E-state index contributed by atoms with van der Waals surface area (Å²) in [5.74, 6) is 2.05. The lowest BCUT2D eigenvalue weighted by Crippen LogP contribution is -1.90. The molecule has 0 spiro atoms. The standard InChI is InChI=1S/C13H8BrFO/c1-3-8-10(15)5-4-9-12(8)7(2)6-11(16)13(9)14/h1,4-6,16H,2H3. The number of phenolic OH excluding ortho intramolecular Hbond substituents is 1. The third-order valence-corrected chi connectivity index (χ3v) is 3.34. The number of rotatable bonds is 0. The van der Waals surface area contributed by atoms with Crippen molar-refractivity contribution in [2.45, 2.75) is 6.92 Å². The van der Waals surface area contributed by atoms with Crippen molar-refractivity contribution in [3.8, 4) is 18.1 Å². The fourth-order valence-electron chi connectivity index (χ4n) is 1.79. The summed E-state index contributed by atoms with van der Waals surface area (Å²) in [6.07, 6.45) is 5.31. The number of aryl methyl sites for hydroxylation is 1. The second-order valence-corrected chi connectivity index (χ2v) is 4.31. The van der Waals surface area contributed by atoms with E-state index < -0.39 is 5.82 Å². The number of halogens is 2. The maximum Gasteiger partial charge on any atom is 0.139 e. The minimum atomic E-state index is -0.421. The van der Waals surface area contributed by atoms with E-state index in [9.17, 15) is 9.50 Å². The van der Waals surface area contributed by atoms with Gasteiger partial charge in [0.15, 0.2) is 0 Å². The van der Waals surface area contributed by atoms with Gasteiger partial charge in [0.1, 0.15) is 11.6 Å². The molecule has 0 aliphatic rings. The number of terminal acetylenes is 1. The van der Waals surface area contributed by atoms with Gasteiger partial charge in [-0.25, -0.2) is 4.39 Å². The molecule has 0 aliphatic carbocycles. The minimum Gasteiger partial charge on any atom is -0.507 e. The Kier molecular flexibility index (Phi) is 2.61. The molecular weight excluding hydrogens is 271 g/mol. The monoisotopic (exact) mass is 278 g/mol. The summed E-state index contributed by atoms with van der Waals surface area (Å²) in [6, 6.07) is 4.47. The molecule has 0 saturated heterocycles. The van der Waals surface area contributed by atoms with Crippen LogP contribution in [0, 0.1) is 25.1 Å². The fraction of sp³-hybridized carbons (Fsp3) is 0.0769. The quantitative estimate of drug-likeness (QED) is 0.728. The Labute approximate surface area is 101 Å². The molecule has 0 aliphatic heterocycles. The van der Waals surface area contributed by atoms with Crippen molar-refractivity contribution in [3.05, 3.63) is 39.6 Å². The second kappa shape index (κ2) is 3.80. The molecule has 0 unspecified atom stereocenters. The van der Waals surface area contributed by atoms with Gasteiger partial charge in [-0.15, -0.1) is 6.42 Å². The van der Waals surface area contributed by atoms with Crippen molar-refractivity contribution in [2.24, 2.45) is 0 Å². The van der Waals surface area contributed by atoms with Crippen LogP contribution in [-0.2, 0) is 0 Å². The van der Waals surface area contributed by atoms with E-state index in [1.54, 1.807) is 19.1 Å². The number of hydrogen-bond donors (Lipinski definition) is 1. The number of benzene rings is 2. The Morgan fingerprint density at radius 3 is 2.75 bits per heavy atom. The lowest BCUT2D eigenvalue weighted by atomic mass is 9.99. The van der Waals surface area contributed by atoms with Gasteiger partial charge in [0.05, 0.1) is 10.0 Å². The summed E-state index contributed by atoms with van der Waals surface area (Å²) >= 11 is 3.26. The van der Waals surface area contributed by atoms with E-state index in [0.717, 1.165) is 5.56 Å². The Morgan fingerprint density at radius 2 is 2.12 bits per heavy atom. The minimum absolute atomic E-state index is 0.125. The Hall–Kier alpha value is -1.53. The first-order chi connectivity index (χ1) is 7.56. The highest BCUT2D eigenvalue weighted by Crippen LogP contribution is 2.36. The maximum atomic E-state index is 13.5. The zero-order valence-corrected chi connectivity index (χ0v) is 10.1. The van der Waals surface area contributed by atoms with E-state index in [2.05, 4.69) is 21.9 Å². The van der Waals surface area contributed by atoms with Crippen molar-refractivity contribution in [2.75, 3.05) is 0 Å². The van der Waals surface area contributed by atoms with Crippen LogP contribution in [0.1, 0.15) is 11.1 Å². The van der Waals surface area contributed by atoms with Crippen LogP contribution in [-0.4, -0.2) is 5.11 Å². The molecule has 3 heteroatoms. The van der Waals surface area contributed by atoms with Crippen molar-refractivity contribution in [1.82, 2.24) is 0 Å². The van der Waals surface area contributed by atoms with E-state index in [4.69, 9.17) is 6.42 Å². The molecule has 0 amide bonds. The summed E-state index contributed by atoms with van der Waals surface area (Å²) in [6.45, 7) is 1.79. The van der Waals surface area contributed by atoms with Crippen molar-refractivity contribution in [3.63, 3.8) is 0 Å². The zero-order chi connectivity index (χ0) is 11.9. The van der Waals surface area contributed by atoms with E-state index in [1.807, 2.05) is 0 Å². The van der Waals surface area contributed by atoms with Gasteiger partial charge in [0, 0.05) is 10.8 Å². The first-order valence-electron chi connectivity index (χ1n) is 4.63. The molecule has 80 valence electrons. The molecule has 0 radical (unpaired) electrons. The van der Waals surface area contributed by atoms with Gasteiger partial charge < -0.3 is 5.11 Å². The SMILES string of the molecule is C#Cc1c(F)ccc2c(Br)c(O)cc(C)c12. The molecule has 0 saturated carbocycles. The Morgan fingerprint density at radius 1 is 1.44 bits per heavy atom. The van der Waals surface area contributed by atoms with Gasteiger partial charge in [0.2, 0.25) is 0 Å². The van der Waals surface area contributed by atoms with E-state index >= 15 is 0 Å². The topological polar surface area (TPSA) is 20.2 Å². The lowest BCUT2D eigenvalue weighted by Gasteiger charge is -2.09. The fourth-order valence-corrected chi connectivity index (χ4v) is 2.23. The summed E-state index contributed by atoms with van der Waals surface area (Å²) in [4.78, 5) is 0. The summed E-state index contributed by atoms with van der Waals surface area (Å²) in [5, 5.41) is 11.0. The molecule has 0 aromatic heterocycles. The number of phenols is 1. The molecule has 16 heavy (non-hydrogen) atoms. The molecule has 2 aromatic rings. The highest BCUT2D eigenvalue weighted by atomic mass is 79.9. The van der Waals surface area contributed by atoms with Gasteiger partial charge in [0.25, 0.3) is 0 Å². The molecule has 0 bridgehead atoms. The van der Waals surface area contributed by atoms with Gasteiger partial charge in [-0.1, -0.05) is 12.0 Å². The predicted molar refractivity (Wildman–Crippen MR) is 65.9 cm³/mol. The van der Waals surface area contributed by atoms with Crippen molar-refractivity contribution >= 4 is 26.7 Å². The van der Waals surface area contributed by atoms with Crippen LogP contribution in [0.3, 0.4) is 0 Å². The van der Waals surface area contributed by atoms with Gasteiger partial charge in [-0.05, 0) is 40.5 Å². The number of aromatic hydroxyl groups is 1. The Bertz CT molecular complexity index is 626. The average molecular weight is 279 g/mol. The summed E-state index contributed by atoms with van der Waals surface area (Å²) in [7, 11) is 0. The van der Waals surface area contributed by atoms with Crippen LogP contribution < -0.4 is 0 Å². The average Bonchev–Trinajstić information content (AvgIpc) is 2.25. The van der Waals surface area contributed by atoms with Crippen LogP contribution in [0.25, 0.3) is 10.8 Å². The van der Waals surface area contributed by atoms with Gasteiger partial charge in [-0.3, -0.25) is 0 Å². The van der Waals surface area contributed by atoms with Crippen molar-refractivity contribution in [1.29, 1.82) is 0 Å². The van der Waals surface area contributed by atoms with Crippen LogP contribution in [0.4, 0.5) is 4.39 Å². The van der Waals surface area contributed by atoms with Crippen LogP contribution >= 0.6 is 15.9 Å². The molecular formula is C13H8BrFO. The van der Waals surface area contributed by atoms with Gasteiger partial charge >= 0.3 is 0 Å². The van der Waals surface area contributed by atoms with E-state index in [1.165, 1.54) is 6.07 Å². The smallest absolute Gasteiger partial charge is 0.139 e. The predicted octanol–water partition coefficient (Wildman–Crippen LogP) is 3.74. The van der Waals surface area contributed by atoms with E-state index in [-0.39, 0.29) is 11.3 Å². The highest BCUT2D eigenvalue weighted by Gasteiger charge is 2.12. The summed E-state index contributed by atoms with van der Waals surface area (Å²) in [5.41, 5.74) is 0.985. The molecule has 1 N–H and O–H groups in total. The first-order valence-corrected chi connectivity index (χ1v) is 5.42. The molecule has 0 atom stereocenters. The lowest BCUT2D eigenvalue weighted by molar-refractivity contribution is 0.472. The first kappa shape index (κ1) is 11.0. The largest absolute Gasteiger partial charge is 0.507 e. The third kappa shape index (κ3) is 1.46. The molecule has 0 heterocycles. The van der Waals surface area contributed by atoms with Crippen molar-refractivity contribution < 1.29 is 9.50 Å². The zero-order valence-electron chi connectivity index (χ0n) is 8.51. The maximum absolute atomic E-state index is 13.5. The third-order valence-electron chi connectivity index (χ3n) is 2.51. The van der Waals surface area contributed by atoms with E-state index in [0.29, 0.717) is 15.2 Å². The molecule has 2 aromatic carbocycles. The number of fused-ring (bicyclic) bond motifs is 1. The van der Waals surface area contributed by atoms with Crippen LogP contribution in [0.2, 0.25) is 0 Å². The summed E-state index contributed by atoms with van der Waals surface area (Å²) < 4.78 is 14.0. The van der Waals surface area contributed by atoms with Gasteiger partial charge in [-0.2, -0.15) is 0 Å². The normalized spacial score (nSPS) is 10.4. The highest BCUT2D eigenvalue weighted by molar-refractivity contribution is 9.10. The Balaban J connectivity index is 3.07. The molecule has 1 nitrogen and oxygen atoms in total. The number of hydrogen-bond acceptors (Lipinski definition) is 1. The molecule has 2 rings (SSSR count). The van der Waals surface area contributed by atoms with Crippen LogP contribution in [0.15, 0.2) is 22.7 Å². The molecule has 0 fully saturated rings. The van der Waals surface area contributed by atoms with Crippen LogP contribution in [0.5, 0.6) is 5.75 Å². The second-order valence-electron chi connectivity index (χ2n) is 3.52.